The van der Waals surface area contributed by atoms with Crippen molar-refractivity contribution in [1.29, 1.82) is 0 Å². The largest absolute Gasteiger partial charge is 0.323 e. The van der Waals surface area contributed by atoms with Crippen molar-refractivity contribution >= 4 is 11.8 Å². The number of hydrogen-bond donors (Lipinski definition) is 1. The van der Waals surface area contributed by atoms with E-state index in [9.17, 15) is 13.6 Å². The number of nitrogens with zero attached hydrogens (tertiary/aromatic N) is 4. The molecule has 21 heavy (non-hydrogen) atoms. The summed E-state index contributed by atoms with van der Waals surface area (Å²) >= 11 is 0. The fourth-order valence-corrected chi connectivity index (χ4v) is 1.67. The van der Waals surface area contributed by atoms with Crippen molar-refractivity contribution in [2.24, 2.45) is 0 Å². The first kappa shape index (κ1) is 14.9. The number of urea groups is 1. The Hall–Kier alpha value is -2.51. The van der Waals surface area contributed by atoms with E-state index in [0.29, 0.717) is 10.4 Å². The molecule has 6 nitrogen and oxygen atoms in total. The lowest BCUT2D eigenvalue weighted by Crippen LogP contribution is -2.32. The minimum absolute atomic E-state index is 0.0327. The number of anilines is 1. The minimum atomic E-state index is -2.68. The summed E-state index contributed by atoms with van der Waals surface area (Å²) in [6.07, 6.45) is 4.07. The van der Waals surface area contributed by atoms with E-state index in [1.54, 1.807) is 12.3 Å². The summed E-state index contributed by atoms with van der Waals surface area (Å²) in [6.45, 7) is -0.832. The molecule has 0 bridgehead atoms. The van der Waals surface area contributed by atoms with Crippen LogP contribution < -0.4 is 5.32 Å². The highest BCUT2D eigenvalue weighted by Gasteiger charge is 2.16. The highest BCUT2D eigenvalue weighted by Crippen LogP contribution is 2.14. The highest BCUT2D eigenvalue weighted by molar-refractivity contribution is 5.87. The lowest BCUT2D eigenvalue weighted by atomic mass is 10.3. The van der Waals surface area contributed by atoms with Gasteiger partial charge >= 0.3 is 12.6 Å². The lowest BCUT2D eigenvalue weighted by molar-refractivity contribution is 0.0652. The molecule has 0 unspecified atom stereocenters. The Kier molecular flexibility index (Phi) is 4.46. The molecule has 0 aliphatic carbocycles. The van der Waals surface area contributed by atoms with Gasteiger partial charge in [-0.05, 0) is 18.6 Å². The van der Waals surface area contributed by atoms with Crippen LogP contribution in [0.3, 0.4) is 0 Å². The number of aromatic nitrogens is 3. The number of hydrogen-bond acceptors (Lipinski definition) is 3. The topological polar surface area (TPSA) is 63.1 Å². The number of alkyl halides is 2. The molecule has 0 saturated carbocycles. The Bertz CT molecular complexity index is 611. The van der Waals surface area contributed by atoms with Gasteiger partial charge in [0.05, 0.1) is 6.54 Å². The number of aryl methyl sites for hydroxylation is 1. The van der Waals surface area contributed by atoms with E-state index in [1.165, 1.54) is 24.3 Å². The molecule has 0 saturated heterocycles. The Morgan fingerprint density at radius 3 is 2.81 bits per heavy atom. The van der Waals surface area contributed by atoms with Gasteiger partial charge < -0.3 is 4.90 Å². The summed E-state index contributed by atoms with van der Waals surface area (Å²) in [4.78, 5) is 21.1. The van der Waals surface area contributed by atoms with Crippen LogP contribution >= 0.6 is 0 Å². The third kappa shape index (κ3) is 3.74. The lowest BCUT2D eigenvalue weighted by Gasteiger charge is -2.18. The van der Waals surface area contributed by atoms with Crippen LogP contribution in [0.5, 0.6) is 0 Å². The summed E-state index contributed by atoms with van der Waals surface area (Å²) in [5.74, 6) is 0.508. The number of imidazole rings is 1. The molecule has 0 aromatic carbocycles. The number of amides is 2. The third-order valence-electron chi connectivity index (χ3n) is 2.83. The average molecular weight is 295 g/mol. The van der Waals surface area contributed by atoms with Crippen molar-refractivity contribution in [1.82, 2.24) is 19.4 Å². The van der Waals surface area contributed by atoms with Crippen LogP contribution in [-0.2, 0) is 6.54 Å². The molecule has 2 rings (SSSR count). The number of halogens is 2. The molecule has 8 heteroatoms. The minimum Gasteiger partial charge on any atom is -0.320 e. The molecule has 0 aliphatic heterocycles. The second-order valence-corrected chi connectivity index (χ2v) is 4.54. The first-order chi connectivity index (χ1) is 9.97. The summed E-state index contributed by atoms with van der Waals surface area (Å²) in [7, 11) is 1.49. The Morgan fingerprint density at radius 1 is 1.43 bits per heavy atom. The van der Waals surface area contributed by atoms with Gasteiger partial charge in [-0.1, -0.05) is 6.07 Å². The van der Waals surface area contributed by atoms with Gasteiger partial charge in [0.15, 0.2) is 0 Å². The van der Waals surface area contributed by atoms with Gasteiger partial charge in [0.1, 0.15) is 11.6 Å². The average Bonchev–Trinajstić information content (AvgIpc) is 2.89. The third-order valence-corrected chi connectivity index (χ3v) is 2.83. The summed E-state index contributed by atoms with van der Waals surface area (Å²) < 4.78 is 26.1. The van der Waals surface area contributed by atoms with Gasteiger partial charge in [-0.3, -0.25) is 9.88 Å². The van der Waals surface area contributed by atoms with Crippen LogP contribution in [0, 0.1) is 6.92 Å². The van der Waals surface area contributed by atoms with Crippen LogP contribution in [0.1, 0.15) is 17.9 Å². The van der Waals surface area contributed by atoms with E-state index in [4.69, 9.17) is 0 Å². The summed E-state index contributed by atoms with van der Waals surface area (Å²) in [5.41, 5.74) is 0.973. The van der Waals surface area contributed by atoms with Gasteiger partial charge in [-0.2, -0.15) is 8.78 Å². The highest BCUT2D eigenvalue weighted by atomic mass is 19.3. The van der Waals surface area contributed by atoms with Gasteiger partial charge in [-0.15, -0.1) is 0 Å². The second kappa shape index (κ2) is 6.29. The van der Waals surface area contributed by atoms with Gasteiger partial charge in [-0.25, -0.2) is 14.8 Å². The van der Waals surface area contributed by atoms with Crippen molar-refractivity contribution in [2.75, 3.05) is 12.4 Å². The van der Waals surface area contributed by atoms with Crippen LogP contribution in [0.2, 0.25) is 0 Å². The molecule has 0 aliphatic rings. The summed E-state index contributed by atoms with van der Waals surface area (Å²) in [6, 6.07) is 3.03. The smallest absolute Gasteiger partial charge is 0.320 e. The van der Waals surface area contributed by atoms with Crippen molar-refractivity contribution in [2.45, 2.75) is 20.0 Å². The number of carbonyl (C=O) groups is 1. The van der Waals surface area contributed by atoms with Crippen molar-refractivity contribution in [3.05, 3.63) is 42.1 Å². The zero-order valence-electron chi connectivity index (χ0n) is 11.6. The van der Waals surface area contributed by atoms with Gasteiger partial charge in [0.25, 0.3) is 0 Å². The van der Waals surface area contributed by atoms with Gasteiger partial charge in [0, 0.05) is 25.6 Å². The molecule has 0 spiro atoms. The van der Waals surface area contributed by atoms with E-state index < -0.39 is 12.6 Å². The maximum absolute atomic E-state index is 12.7. The van der Waals surface area contributed by atoms with Crippen LogP contribution in [-0.4, -0.2) is 32.5 Å². The van der Waals surface area contributed by atoms with E-state index in [2.05, 4.69) is 15.3 Å². The van der Waals surface area contributed by atoms with Crippen LogP contribution in [0.15, 0.2) is 30.7 Å². The Morgan fingerprint density at radius 2 is 2.19 bits per heavy atom. The molecule has 0 fully saturated rings. The number of rotatable bonds is 4. The molecule has 2 aromatic heterocycles. The molecule has 1 N–H and O–H groups in total. The predicted molar refractivity (Wildman–Crippen MR) is 72.9 cm³/mol. The zero-order valence-corrected chi connectivity index (χ0v) is 11.6. The van der Waals surface area contributed by atoms with Crippen molar-refractivity contribution in [3.63, 3.8) is 0 Å². The second-order valence-electron chi connectivity index (χ2n) is 4.54. The number of pyridine rings is 1. The first-order valence-corrected chi connectivity index (χ1v) is 6.22. The molecule has 0 radical (unpaired) electrons. The molecule has 112 valence electrons. The molecule has 2 amide bonds. The Balaban J connectivity index is 1.99. The van der Waals surface area contributed by atoms with E-state index in [0.717, 1.165) is 5.56 Å². The molecule has 0 atom stereocenters. The molecule has 2 heterocycles. The van der Waals surface area contributed by atoms with Crippen LogP contribution in [0.25, 0.3) is 0 Å². The normalized spacial score (nSPS) is 10.7. The molecule has 2 aromatic rings. The van der Waals surface area contributed by atoms with Gasteiger partial charge in [0.2, 0.25) is 0 Å². The van der Waals surface area contributed by atoms with Crippen molar-refractivity contribution in [3.8, 4) is 0 Å². The molecular weight excluding hydrogens is 280 g/mol. The fraction of sp³-hybridized carbons (Fsp3) is 0.308. The number of carbonyl (C=O) groups excluding carboxylic acids is 1. The fourth-order valence-electron chi connectivity index (χ4n) is 1.67. The Labute approximate surface area is 120 Å². The summed E-state index contributed by atoms with van der Waals surface area (Å²) in [5, 5.41) is 2.58. The van der Waals surface area contributed by atoms with E-state index in [1.807, 2.05) is 13.0 Å². The molecular formula is C13H15F2N5O. The van der Waals surface area contributed by atoms with E-state index >= 15 is 0 Å². The van der Waals surface area contributed by atoms with Crippen molar-refractivity contribution < 1.29 is 13.6 Å². The zero-order chi connectivity index (χ0) is 15.4. The van der Waals surface area contributed by atoms with E-state index in [-0.39, 0.29) is 12.4 Å². The maximum Gasteiger partial charge on any atom is 0.323 e. The quantitative estimate of drug-likeness (QED) is 0.943. The SMILES string of the molecule is Cc1ccc(NC(=O)N(C)Cc2nccn2C(F)F)nc1. The standard InChI is InChI=1S/C13H15F2N5O/c1-9-3-4-10(17-7-9)18-13(21)19(2)8-11-16-5-6-20(11)12(14)15/h3-7,12H,8H2,1-2H3,(H,17,18,21). The maximum atomic E-state index is 12.7. The first-order valence-electron chi connectivity index (χ1n) is 6.22. The number of nitrogens with one attached hydrogen (secondary N) is 1. The monoisotopic (exact) mass is 295 g/mol. The predicted octanol–water partition coefficient (Wildman–Crippen LogP) is 2.65. The van der Waals surface area contributed by atoms with Crippen LogP contribution in [0.4, 0.5) is 19.4 Å².